The minimum absolute atomic E-state index is 0.141. The van der Waals surface area contributed by atoms with Crippen molar-refractivity contribution in [2.75, 3.05) is 6.54 Å². The molecule has 0 atom stereocenters. The van der Waals surface area contributed by atoms with Crippen molar-refractivity contribution in [1.29, 1.82) is 0 Å². The number of carbonyl (C=O) groups excluding carboxylic acids is 1. The maximum Gasteiger partial charge on any atom is 0.266 e. The Kier molecular flexibility index (Phi) is 4.32. The van der Waals surface area contributed by atoms with Crippen LogP contribution in [0.4, 0.5) is 0 Å². The van der Waals surface area contributed by atoms with Crippen LogP contribution in [-0.2, 0) is 17.9 Å². The van der Waals surface area contributed by atoms with Crippen LogP contribution in [0.15, 0.2) is 58.2 Å². The van der Waals surface area contributed by atoms with Crippen molar-refractivity contribution in [3.63, 3.8) is 0 Å². The summed E-state index contributed by atoms with van der Waals surface area (Å²) in [5, 5.41) is 10.9. The summed E-state index contributed by atoms with van der Waals surface area (Å²) in [6.07, 6.45) is 4.86. The van der Waals surface area contributed by atoms with Crippen molar-refractivity contribution in [2.24, 2.45) is 0 Å². The SMILES string of the molecule is O=C(Cn1cccn1)NCCn1nc(-c2ccco2)ccc1=O. The van der Waals surface area contributed by atoms with Crippen LogP contribution in [0.3, 0.4) is 0 Å². The van der Waals surface area contributed by atoms with E-state index in [4.69, 9.17) is 4.42 Å². The quantitative estimate of drug-likeness (QED) is 0.715. The maximum atomic E-state index is 11.8. The molecule has 0 unspecified atom stereocenters. The third-order valence-corrected chi connectivity index (χ3v) is 3.15. The van der Waals surface area contributed by atoms with Gasteiger partial charge in [0.2, 0.25) is 5.91 Å². The zero-order valence-electron chi connectivity index (χ0n) is 12.3. The second-order valence-electron chi connectivity index (χ2n) is 4.81. The number of nitrogens with zero attached hydrogens (tertiary/aromatic N) is 4. The second-order valence-corrected chi connectivity index (χ2v) is 4.81. The molecular formula is C15H15N5O3. The lowest BCUT2D eigenvalue weighted by Crippen LogP contribution is -2.33. The summed E-state index contributed by atoms with van der Waals surface area (Å²) in [5.74, 6) is 0.408. The van der Waals surface area contributed by atoms with E-state index in [1.807, 2.05) is 0 Å². The molecule has 0 saturated heterocycles. The summed E-state index contributed by atoms with van der Waals surface area (Å²) in [6, 6.07) is 8.30. The Morgan fingerprint density at radius 3 is 2.91 bits per heavy atom. The van der Waals surface area contributed by atoms with Crippen LogP contribution in [-0.4, -0.2) is 32.0 Å². The molecule has 1 amide bonds. The first-order chi connectivity index (χ1) is 11.2. The zero-order chi connectivity index (χ0) is 16.1. The normalized spacial score (nSPS) is 10.6. The molecule has 3 heterocycles. The van der Waals surface area contributed by atoms with Gasteiger partial charge >= 0.3 is 0 Å². The summed E-state index contributed by atoms with van der Waals surface area (Å²) in [7, 11) is 0. The summed E-state index contributed by atoms with van der Waals surface area (Å²) in [4.78, 5) is 23.6. The fourth-order valence-electron chi connectivity index (χ4n) is 2.06. The van der Waals surface area contributed by atoms with Gasteiger partial charge < -0.3 is 9.73 Å². The first kappa shape index (κ1) is 14.8. The number of hydrogen-bond donors (Lipinski definition) is 1. The Balaban J connectivity index is 1.58. The van der Waals surface area contributed by atoms with Gasteiger partial charge in [-0.05, 0) is 24.3 Å². The Labute approximate surface area is 131 Å². The molecule has 0 saturated carbocycles. The molecule has 0 aliphatic rings. The molecule has 0 aliphatic heterocycles. The Bertz CT molecular complexity index is 821. The highest BCUT2D eigenvalue weighted by atomic mass is 16.3. The molecule has 8 heteroatoms. The fraction of sp³-hybridized carbons (Fsp3) is 0.200. The van der Waals surface area contributed by atoms with E-state index < -0.39 is 0 Å². The molecule has 0 spiro atoms. The third-order valence-electron chi connectivity index (χ3n) is 3.15. The number of amides is 1. The molecule has 8 nitrogen and oxygen atoms in total. The number of rotatable bonds is 6. The summed E-state index contributed by atoms with van der Waals surface area (Å²) in [5.41, 5.74) is 0.332. The highest BCUT2D eigenvalue weighted by molar-refractivity contribution is 5.75. The van der Waals surface area contributed by atoms with Gasteiger partial charge in [-0.25, -0.2) is 4.68 Å². The number of furan rings is 1. The van der Waals surface area contributed by atoms with E-state index >= 15 is 0 Å². The average molecular weight is 313 g/mol. The van der Waals surface area contributed by atoms with Crippen molar-refractivity contribution in [3.05, 3.63) is 59.3 Å². The van der Waals surface area contributed by atoms with Crippen LogP contribution in [0.2, 0.25) is 0 Å². The highest BCUT2D eigenvalue weighted by Gasteiger charge is 2.06. The molecule has 0 radical (unpaired) electrons. The predicted octanol–water partition coefficient (Wildman–Crippen LogP) is 0.516. The summed E-state index contributed by atoms with van der Waals surface area (Å²) < 4.78 is 8.08. The Morgan fingerprint density at radius 1 is 1.26 bits per heavy atom. The van der Waals surface area contributed by atoms with Gasteiger partial charge in [0.05, 0.1) is 12.8 Å². The number of aromatic nitrogens is 4. The number of carbonyl (C=O) groups is 1. The fourth-order valence-corrected chi connectivity index (χ4v) is 2.06. The monoisotopic (exact) mass is 313 g/mol. The van der Waals surface area contributed by atoms with Crippen LogP contribution in [0.5, 0.6) is 0 Å². The average Bonchev–Trinajstić information content (AvgIpc) is 3.22. The van der Waals surface area contributed by atoms with Crippen molar-refractivity contribution < 1.29 is 9.21 Å². The van der Waals surface area contributed by atoms with Gasteiger partial charge in [0.1, 0.15) is 12.2 Å². The number of nitrogens with one attached hydrogen (secondary N) is 1. The lowest BCUT2D eigenvalue weighted by Gasteiger charge is -2.08. The van der Waals surface area contributed by atoms with Gasteiger partial charge in [-0.3, -0.25) is 14.3 Å². The van der Waals surface area contributed by atoms with Gasteiger partial charge in [-0.1, -0.05) is 0 Å². The third kappa shape index (κ3) is 3.73. The predicted molar refractivity (Wildman–Crippen MR) is 81.4 cm³/mol. The number of hydrogen-bond acceptors (Lipinski definition) is 5. The lowest BCUT2D eigenvalue weighted by molar-refractivity contribution is -0.121. The van der Waals surface area contributed by atoms with E-state index in [1.165, 1.54) is 15.4 Å². The maximum absolute atomic E-state index is 11.8. The van der Waals surface area contributed by atoms with Crippen LogP contribution in [0, 0.1) is 0 Å². The molecule has 0 bridgehead atoms. The van der Waals surface area contributed by atoms with E-state index in [0.717, 1.165) is 0 Å². The van der Waals surface area contributed by atoms with Crippen LogP contribution >= 0.6 is 0 Å². The largest absolute Gasteiger partial charge is 0.463 e. The lowest BCUT2D eigenvalue weighted by atomic mass is 10.3. The summed E-state index contributed by atoms with van der Waals surface area (Å²) >= 11 is 0. The van der Waals surface area contributed by atoms with Crippen LogP contribution in [0.1, 0.15) is 0 Å². The van der Waals surface area contributed by atoms with Crippen molar-refractivity contribution in [3.8, 4) is 11.5 Å². The molecular weight excluding hydrogens is 298 g/mol. The summed E-state index contributed by atoms with van der Waals surface area (Å²) in [6.45, 7) is 0.717. The smallest absolute Gasteiger partial charge is 0.266 e. The standard InChI is InChI=1S/C15H15N5O3/c21-14(11-19-8-2-6-17-19)16-7-9-20-15(22)5-4-12(18-20)13-3-1-10-23-13/h1-6,8,10H,7,9,11H2,(H,16,21). The van der Waals surface area contributed by atoms with E-state index in [2.05, 4.69) is 15.5 Å². The first-order valence-electron chi connectivity index (χ1n) is 7.08. The van der Waals surface area contributed by atoms with Crippen LogP contribution < -0.4 is 10.9 Å². The molecule has 3 aromatic heterocycles. The van der Waals surface area contributed by atoms with Gasteiger partial charge in [0, 0.05) is 25.0 Å². The second kappa shape index (κ2) is 6.73. The van der Waals surface area contributed by atoms with Gasteiger partial charge in [-0.2, -0.15) is 10.2 Å². The molecule has 0 aliphatic carbocycles. The molecule has 3 rings (SSSR count). The topological polar surface area (TPSA) is 95.0 Å². The minimum Gasteiger partial charge on any atom is -0.463 e. The molecule has 0 aromatic carbocycles. The first-order valence-corrected chi connectivity index (χ1v) is 7.08. The zero-order valence-corrected chi connectivity index (χ0v) is 12.3. The van der Waals surface area contributed by atoms with Crippen molar-refractivity contribution >= 4 is 5.91 Å². The van der Waals surface area contributed by atoms with Gasteiger partial charge in [0.25, 0.3) is 5.56 Å². The van der Waals surface area contributed by atoms with Gasteiger partial charge in [-0.15, -0.1) is 0 Å². The van der Waals surface area contributed by atoms with E-state index in [1.54, 1.807) is 42.9 Å². The molecule has 0 fully saturated rings. The molecule has 23 heavy (non-hydrogen) atoms. The molecule has 1 N–H and O–H groups in total. The Hall–Kier alpha value is -3.16. The van der Waals surface area contributed by atoms with E-state index in [-0.39, 0.29) is 24.6 Å². The Morgan fingerprint density at radius 2 is 2.17 bits per heavy atom. The van der Waals surface area contributed by atoms with Crippen LogP contribution in [0.25, 0.3) is 11.5 Å². The molecule has 118 valence electrons. The van der Waals surface area contributed by atoms with Gasteiger partial charge in [0.15, 0.2) is 5.76 Å². The van der Waals surface area contributed by atoms with Crippen molar-refractivity contribution in [2.45, 2.75) is 13.1 Å². The minimum atomic E-state index is -0.235. The van der Waals surface area contributed by atoms with Crippen molar-refractivity contribution in [1.82, 2.24) is 24.9 Å². The van der Waals surface area contributed by atoms with E-state index in [9.17, 15) is 9.59 Å². The van der Waals surface area contributed by atoms with E-state index in [0.29, 0.717) is 18.0 Å². The highest BCUT2D eigenvalue weighted by Crippen LogP contribution is 2.14. The molecule has 3 aromatic rings.